The fourth-order valence-electron chi connectivity index (χ4n) is 6.32. The Morgan fingerprint density at radius 3 is 1.87 bits per heavy atom. The molecule has 189 valence electrons. The summed E-state index contributed by atoms with van der Waals surface area (Å²) in [5.74, 6) is 0. The Morgan fingerprint density at radius 1 is 0.605 bits per heavy atom. The maximum atomic E-state index is 3.82. The quantitative estimate of drug-likeness (QED) is 0.209. The molecule has 6 aliphatic rings. The summed E-state index contributed by atoms with van der Waals surface area (Å²) in [5.41, 5.74) is 6.57. The molecule has 0 N–H and O–H groups in total. The monoisotopic (exact) mass is 670 g/mol. The molecule has 4 atom stereocenters. The van der Waals surface area contributed by atoms with E-state index in [0.29, 0.717) is 0 Å². The van der Waals surface area contributed by atoms with Crippen LogP contribution in [0.2, 0.25) is 0 Å². The van der Waals surface area contributed by atoms with E-state index in [0.717, 1.165) is 33.4 Å². The van der Waals surface area contributed by atoms with Crippen molar-refractivity contribution in [2.24, 2.45) is 0 Å². The molecule has 4 aromatic rings. The minimum Gasteiger partial charge on any atom is -0.502 e. The van der Waals surface area contributed by atoms with E-state index in [1.165, 1.54) is 0 Å². The molecule has 1 radical (unpaired) electrons. The number of rotatable bonds is 0. The van der Waals surface area contributed by atoms with E-state index in [1.54, 1.807) is 0 Å². The topological polar surface area (TPSA) is 21.8 Å². The van der Waals surface area contributed by atoms with Crippen molar-refractivity contribution in [2.45, 2.75) is 24.4 Å². The Bertz CT molecular complexity index is 1620. The summed E-state index contributed by atoms with van der Waals surface area (Å²) in [5, 5.41) is 0. The molecule has 16 bridgehead atoms. The summed E-state index contributed by atoms with van der Waals surface area (Å²) < 4.78 is 4.32. The van der Waals surface area contributed by atoms with Crippen LogP contribution in [-0.2, 0) is 20.1 Å². The van der Waals surface area contributed by atoms with Gasteiger partial charge in [-0.05, 0) is 37.2 Å². The third-order valence-electron chi connectivity index (χ3n) is 7.92. The van der Waals surface area contributed by atoms with Gasteiger partial charge in [-0.1, -0.05) is 0 Å². The first-order valence-electron chi connectivity index (χ1n) is 12.5. The molecule has 10 rings (SSSR count). The summed E-state index contributed by atoms with van der Waals surface area (Å²) >= 11 is 0. The van der Waals surface area contributed by atoms with Crippen LogP contribution < -0.4 is 4.57 Å². The molecule has 6 aliphatic heterocycles. The van der Waals surface area contributed by atoms with Gasteiger partial charge in [-0.25, -0.2) is 0 Å². The molecule has 3 aromatic carbocycles. The second-order valence-corrected chi connectivity index (χ2v) is 10.1. The van der Waals surface area contributed by atoms with Gasteiger partial charge in [0.25, 0.3) is 0 Å². The van der Waals surface area contributed by atoms with Gasteiger partial charge in [0.2, 0.25) is 6.33 Å². The van der Waals surface area contributed by atoms with E-state index in [1.807, 2.05) is 0 Å². The maximum Gasteiger partial charge on any atom is 0.206 e. The Balaban J connectivity index is 0.00000225. The van der Waals surface area contributed by atoms with Crippen LogP contribution in [0.15, 0.2) is 91.8 Å². The molecule has 1 aromatic heterocycles. The smallest absolute Gasteiger partial charge is 0.206 e. The van der Waals surface area contributed by atoms with Crippen molar-refractivity contribution >= 4 is 0 Å². The SMILES string of the molecule is [Ir].[c-]1c2cccc1C1c3[c-]c(ccc3)C3N4C=CN([CH-]4)C2c2[c-]c(ccc2)C(N2C=CN3[CH-]2)[n+]2[c-]n1cc2. The average Bonchev–Trinajstić information content (AvgIpc) is 3.68. The summed E-state index contributed by atoms with van der Waals surface area (Å²) in [7, 11) is 0. The number of benzene rings is 3. The van der Waals surface area contributed by atoms with E-state index in [-0.39, 0.29) is 44.5 Å². The van der Waals surface area contributed by atoms with Crippen LogP contribution in [0.3, 0.4) is 0 Å². The molecule has 0 saturated carbocycles. The van der Waals surface area contributed by atoms with Gasteiger partial charge in [-0.2, -0.15) is 86.1 Å². The first-order chi connectivity index (χ1) is 18.3. The van der Waals surface area contributed by atoms with Crippen molar-refractivity contribution in [2.75, 3.05) is 0 Å². The van der Waals surface area contributed by atoms with Gasteiger partial charge in [0, 0.05) is 26.1 Å². The normalized spacial score (nSPS) is 25.1. The van der Waals surface area contributed by atoms with Gasteiger partial charge in [0.15, 0.2) is 0 Å². The summed E-state index contributed by atoms with van der Waals surface area (Å²) in [6.07, 6.45) is 16.3. The van der Waals surface area contributed by atoms with Gasteiger partial charge in [-0.3, -0.25) is 0 Å². The van der Waals surface area contributed by atoms with Gasteiger partial charge in [0.1, 0.15) is 6.17 Å². The van der Waals surface area contributed by atoms with Gasteiger partial charge < -0.3 is 28.7 Å². The molecule has 38 heavy (non-hydrogen) atoms. The van der Waals surface area contributed by atoms with Crippen molar-refractivity contribution in [3.05, 3.63) is 163 Å². The third kappa shape index (κ3) is 3.06. The molecular weight excluding hydrogens is 649 g/mol. The van der Waals surface area contributed by atoms with E-state index < -0.39 is 0 Å². The molecule has 4 unspecified atom stereocenters. The number of imidazole rings is 1. The molecule has 0 aliphatic carbocycles. The Hall–Kier alpha value is -3.80. The van der Waals surface area contributed by atoms with E-state index in [2.05, 4.69) is 158 Å². The Labute approximate surface area is 235 Å². The van der Waals surface area contributed by atoms with Crippen molar-refractivity contribution in [1.82, 2.24) is 24.2 Å². The summed E-state index contributed by atoms with van der Waals surface area (Å²) in [4.78, 5) is 9.06. The predicted molar refractivity (Wildman–Crippen MR) is 133 cm³/mol. The van der Waals surface area contributed by atoms with Crippen molar-refractivity contribution < 1.29 is 24.7 Å². The van der Waals surface area contributed by atoms with E-state index in [4.69, 9.17) is 0 Å². The van der Waals surface area contributed by atoms with E-state index in [9.17, 15) is 0 Å². The van der Waals surface area contributed by atoms with Crippen molar-refractivity contribution in [1.29, 1.82) is 0 Å². The molecule has 0 fully saturated rings. The van der Waals surface area contributed by atoms with Gasteiger partial charge in [-0.15, -0.1) is 33.4 Å². The standard InChI is InChI=1S/C31H21N6.Ir/c1-4-22-16-23(5-1)29-25-7-3-9-27(18-25)31-35-13-10-32(19-35)28(22)24-6-2-8-26(17-24)30(34-12-11-33(29)20-34)36-14-15-37(31)21-36;/h1-15,19,21,28-31H;/q-5;. The van der Waals surface area contributed by atoms with Gasteiger partial charge in [0.05, 0.1) is 12.2 Å². The zero-order valence-corrected chi connectivity index (χ0v) is 22.5. The zero-order chi connectivity index (χ0) is 24.1. The van der Waals surface area contributed by atoms with Crippen LogP contribution in [0.25, 0.3) is 0 Å². The maximum absolute atomic E-state index is 3.82. The number of hydrogen-bond donors (Lipinski definition) is 0. The minimum absolute atomic E-state index is 0. The molecule has 6 nitrogen and oxygen atoms in total. The first-order valence-corrected chi connectivity index (χ1v) is 12.5. The first kappa shape index (κ1) is 22.2. The molecule has 0 saturated heterocycles. The van der Waals surface area contributed by atoms with E-state index >= 15 is 0 Å². The van der Waals surface area contributed by atoms with Crippen LogP contribution in [-0.4, -0.2) is 24.2 Å². The molecule has 0 spiro atoms. The number of nitrogens with zero attached hydrogens (tertiary/aromatic N) is 6. The predicted octanol–water partition coefficient (Wildman–Crippen LogP) is 4.00. The summed E-state index contributed by atoms with van der Waals surface area (Å²) in [6, 6.07) is 30.7. The molecular formula is C31H21IrN6-5. The summed E-state index contributed by atoms with van der Waals surface area (Å²) in [6.45, 7) is 4.38. The second kappa shape index (κ2) is 8.10. The minimum atomic E-state index is -0.132. The van der Waals surface area contributed by atoms with Crippen molar-refractivity contribution in [3.63, 3.8) is 0 Å². The average molecular weight is 670 g/mol. The van der Waals surface area contributed by atoms with Crippen LogP contribution in [0.4, 0.5) is 0 Å². The largest absolute Gasteiger partial charge is 0.502 e. The van der Waals surface area contributed by atoms with Gasteiger partial charge >= 0.3 is 0 Å². The number of aromatic nitrogens is 2. The molecule has 0 amide bonds. The molecule has 7 heteroatoms. The Morgan fingerprint density at radius 2 is 1.13 bits per heavy atom. The zero-order valence-electron chi connectivity index (χ0n) is 20.1. The van der Waals surface area contributed by atoms with Crippen LogP contribution >= 0.6 is 0 Å². The van der Waals surface area contributed by atoms with Crippen molar-refractivity contribution in [3.8, 4) is 0 Å². The van der Waals surface area contributed by atoms with Crippen LogP contribution in [0, 0.1) is 37.9 Å². The van der Waals surface area contributed by atoms with Crippen LogP contribution in [0.5, 0.6) is 0 Å². The van der Waals surface area contributed by atoms with Crippen LogP contribution in [0.1, 0.15) is 57.8 Å². The third-order valence-corrected chi connectivity index (χ3v) is 7.92. The second-order valence-electron chi connectivity index (χ2n) is 10.1. The molecule has 7 heterocycles. The number of hydrogen-bond acceptors (Lipinski definition) is 4. The Kier molecular flexibility index (Phi) is 4.73. The fraction of sp³-hybridized carbons (Fsp3) is 0.129. The fourth-order valence-corrected chi connectivity index (χ4v) is 6.32.